The van der Waals surface area contributed by atoms with Crippen molar-refractivity contribution in [2.75, 3.05) is 7.11 Å². The van der Waals surface area contributed by atoms with Crippen molar-refractivity contribution in [3.8, 4) is 0 Å². The van der Waals surface area contributed by atoms with Gasteiger partial charge in [-0.15, -0.1) is 0 Å². The van der Waals surface area contributed by atoms with Gasteiger partial charge in [-0.05, 0) is 58.8 Å². The summed E-state index contributed by atoms with van der Waals surface area (Å²) in [6, 6.07) is 24.6. The molecule has 150 valence electrons. The molecule has 4 nitrogen and oxygen atoms in total. The maximum absolute atomic E-state index is 12.5. The Labute approximate surface area is 179 Å². The number of hydrogen-bond acceptors (Lipinski definition) is 3. The zero-order chi connectivity index (χ0) is 21.1. The van der Waals surface area contributed by atoms with Crippen molar-refractivity contribution in [2.45, 2.75) is 13.0 Å². The van der Waals surface area contributed by atoms with Crippen LogP contribution in [0.25, 0.3) is 10.9 Å². The lowest BCUT2D eigenvalue weighted by atomic mass is 9.98. The van der Waals surface area contributed by atoms with Gasteiger partial charge in [0.15, 0.2) is 0 Å². The Morgan fingerprint density at radius 1 is 0.933 bits per heavy atom. The molecule has 4 rings (SSSR count). The number of benzene rings is 3. The van der Waals surface area contributed by atoms with Gasteiger partial charge in [0.2, 0.25) is 0 Å². The number of methoxy groups -OCH3 is 1. The molecule has 0 atom stereocenters. The van der Waals surface area contributed by atoms with Gasteiger partial charge in [0.1, 0.15) is 0 Å². The SMILES string of the molecule is COC(=O)c1cc(Cl)ccc1Cc1ccc2c(ccc(=O)n2Cc2ccccc2)c1. The van der Waals surface area contributed by atoms with Crippen LogP contribution in [-0.4, -0.2) is 17.6 Å². The molecule has 0 fully saturated rings. The number of aromatic nitrogens is 1. The van der Waals surface area contributed by atoms with Gasteiger partial charge in [-0.3, -0.25) is 4.79 Å². The molecule has 0 N–H and O–H groups in total. The fourth-order valence-electron chi connectivity index (χ4n) is 3.61. The third kappa shape index (κ3) is 4.14. The van der Waals surface area contributed by atoms with Crippen molar-refractivity contribution in [3.63, 3.8) is 0 Å². The van der Waals surface area contributed by atoms with Gasteiger partial charge >= 0.3 is 5.97 Å². The van der Waals surface area contributed by atoms with Crippen molar-refractivity contribution in [1.82, 2.24) is 4.57 Å². The van der Waals surface area contributed by atoms with Gasteiger partial charge in [0.05, 0.1) is 24.7 Å². The van der Waals surface area contributed by atoms with Crippen LogP contribution in [0.15, 0.2) is 83.7 Å². The summed E-state index contributed by atoms with van der Waals surface area (Å²) >= 11 is 6.06. The first-order valence-corrected chi connectivity index (χ1v) is 9.96. The van der Waals surface area contributed by atoms with E-state index < -0.39 is 5.97 Å². The number of carbonyl (C=O) groups is 1. The first-order chi connectivity index (χ1) is 14.5. The largest absolute Gasteiger partial charge is 0.465 e. The summed E-state index contributed by atoms with van der Waals surface area (Å²) in [5.74, 6) is -0.412. The Morgan fingerprint density at radius 2 is 1.73 bits per heavy atom. The third-order valence-electron chi connectivity index (χ3n) is 5.11. The van der Waals surface area contributed by atoms with Crippen molar-refractivity contribution in [1.29, 1.82) is 0 Å². The molecule has 0 aliphatic heterocycles. The average molecular weight is 418 g/mol. The fourth-order valence-corrected chi connectivity index (χ4v) is 3.79. The van der Waals surface area contributed by atoms with Crippen LogP contribution in [0.5, 0.6) is 0 Å². The number of hydrogen-bond donors (Lipinski definition) is 0. The molecule has 0 radical (unpaired) electrons. The maximum atomic E-state index is 12.5. The summed E-state index contributed by atoms with van der Waals surface area (Å²) in [6.45, 7) is 0.514. The van der Waals surface area contributed by atoms with Crippen LogP contribution in [0.3, 0.4) is 0 Å². The second-order valence-corrected chi connectivity index (χ2v) is 7.54. The molecule has 0 aliphatic rings. The van der Waals surface area contributed by atoms with Crippen molar-refractivity contribution < 1.29 is 9.53 Å². The van der Waals surface area contributed by atoms with Gasteiger partial charge in [-0.25, -0.2) is 4.79 Å². The number of ether oxygens (including phenoxy) is 1. The van der Waals surface area contributed by atoms with E-state index in [4.69, 9.17) is 16.3 Å². The number of rotatable bonds is 5. The Bertz CT molecular complexity index is 1280. The molecule has 1 heterocycles. The molecule has 4 aromatic rings. The molecular weight excluding hydrogens is 398 g/mol. The van der Waals surface area contributed by atoms with E-state index in [2.05, 4.69) is 0 Å². The Morgan fingerprint density at radius 3 is 2.50 bits per heavy atom. The lowest BCUT2D eigenvalue weighted by Gasteiger charge is -2.13. The molecule has 0 saturated heterocycles. The van der Waals surface area contributed by atoms with Crippen LogP contribution in [0, 0.1) is 0 Å². The number of esters is 1. The highest BCUT2D eigenvalue weighted by Crippen LogP contribution is 2.22. The van der Waals surface area contributed by atoms with E-state index in [0.29, 0.717) is 23.6 Å². The lowest BCUT2D eigenvalue weighted by Crippen LogP contribution is -2.19. The minimum Gasteiger partial charge on any atom is -0.465 e. The molecular formula is C25H20ClNO3. The molecule has 0 amide bonds. The van der Waals surface area contributed by atoms with Crippen molar-refractivity contribution in [3.05, 3.63) is 116 Å². The highest BCUT2D eigenvalue weighted by Gasteiger charge is 2.13. The highest BCUT2D eigenvalue weighted by molar-refractivity contribution is 6.31. The first kappa shape index (κ1) is 19.9. The summed E-state index contributed by atoms with van der Waals surface area (Å²) in [5, 5.41) is 1.46. The number of halogens is 1. The van der Waals surface area contributed by atoms with Crippen molar-refractivity contribution in [2.24, 2.45) is 0 Å². The Hall–Kier alpha value is -3.37. The predicted molar refractivity (Wildman–Crippen MR) is 119 cm³/mol. The summed E-state index contributed by atoms with van der Waals surface area (Å²) in [6.07, 6.45) is 0.551. The number of pyridine rings is 1. The van der Waals surface area contributed by atoms with Gasteiger partial charge in [0, 0.05) is 11.1 Å². The molecule has 0 bridgehead atoms. The number of nitrogens with zero attached hydrogens (tertiary/aromatic N) is 1. The Kier molecular flexibility index (Phi) is 5.68. The van der Waals surface area contributed by atoms with Gasteiger partial charge < -0.3 is 9.30 Å². The number of carbonyl (C=O) groups excluding carboxylic acids is 1. The lowest BCUT2D eigenvalue weighted by molar-refractivity contribution is 0.0599. The second kappa shape index (κ2) is 8.56. The van der Waals surface area contributed by atoms with Crippen LogP contribution in [0.4, 0.5) is 0 Å². The van der Waals surface area contributed by atoms with E-state index in [1.807, 2.05) is 60.7 Å². The fraction of sp³-hybridized carbons (Fsp3) is 0.120. The maximum Gasteiger partial charge on any atom is 0.338 e. The zero-order valence-corrected chi connectivity index (χ0v) is 17.2. The summed E-state index contributed by atoms with van der Waals surface area (Å²) < 4.78 is 6.66. The van der Waals surface area contributed by atoms with E-state index in [1.165, 1.54) is 7.11 Å². The van der Waals surface area contributed by atoms with Gasteiger partial charge in [-0.1, -0.05) is 54.1 Å². The standard InChI is InChI=1S/C25H20ClNO3/c1-30-25(29)22-15-21(26)10-8-19(22)13-18-7-11-23-20(14-18)9-12-24(28)27(23)16-17-5-3-2-4-6-17/h2-12,14-15H,13,16H2,1H3. The molecule has 30 heavy (non-hydrogen) atoms. The molecule has 0 spiro atoms. The molecule has 0 saturated carbocycles. The third-order valence-corrected chi connectivity index (χ3v) is 5.34. The minimum atomic E-state index is -0.412. The van der Waals surface area contributed by atoms with Crippen LogP contribution in [0.1, 0.15) is 27.0 Å². The molecule has 3 aromatic carbocycles. The smallest absolute Gasteiger partial charge is 0.338 e. The Balaban J connectivity index is 1.71. The summed E-state index contributed by atoms with van der Waals surface area (Å²) in [7, 11) is 1.36. The van der Waals surface area contributed by atoms with E-state index in [1.54, 1.807) is 22.8 Å². The van der Waals surface area contributed by atoms with Gasteiger partial charge in [-0.2, -0.15) is 0 Å². The van der Waals surface area contributed by atoms with E-state index in [9.17, 15) is 9.59 Å². The van der Waals surface area contributed by atoms with E-state index >= 15 is 0 Å². The molecule has 0 aliphatic carbocycles. The zero-order valence-electron chi connectivity index (χ0n) is 16.5. The van der Waals surface area contributed by atoms with E-state index in [0.717, 1.165) is 27.6 Å². The summed E-state index contributed by atoms with van der Waals surface area (Å²) in [5.41, 5.74) is 4.23. The highest BCUT2D eigenvalue weighted by atomic mass is 35.5. The van der Waals surface area contributed by atoms with E-state index in [-0.39, 0.29) is 5.56 Å². The summed E-state index contributed by atoms with van der Waals surface area (Å²) in [4.78, 5) is 24.6. The van der Waals surface area contributed by atoms with Crippen LogP contribution >= 0.6 is 11.6 Å². The van der Waals surface area contributed by atoms with Crippen LogP contribution in [0.2, 0.25) is 5.02 Å². The quantitative estimate of drug-likeness (QED) is 0.425. The predicted octanol–water partition coefficient (Wildman–Crippen LogP) is 5.08. The molecule has 0 unspecified atom stereocenters. The van der Waals surface area contributed by atoms with Crippen LogP contribution < -0.4 is 5.56 Å². The average Bonchev–Trinajstić information content (AvgIpc) is 2.77. The molecule has 5 heteroatoms. The normalized spacial score (nSPS) is 10.9. The number of fused-ring (bicyclic) bond motifs is 1. The molecule has 1 aromatic heterocycles. The minimum absolute atomic E-state index is 0.0372. The van der Waals surface area contributed by atoms with Crippen LogP contribution in [-0.2, 0) is 17.7 Å². The second-order valence-electron chi connectivity index (χ2n) is 7.11. The van der Waals surface area contributed by atoms with Crippen molar-refractivity contribution >= 4 is 28.5 Å². The van der Waals surface area contributed by atoms with Gasteiger partial charge in [0.25, 0.3) is 5.56 Å². The topological polar surface area (TPSA) is 48.3 Å². The first-order valence-electron chi connectivity index (χ1n) is 9.58. The monoisotopic (exact) mass is 417 g/mol.